The molecule has 9 heteroatoms. The molecule has 1 amide bonds. The minimum Gasteiger partial charge on any atom is -0.316 e. The van der Waals surface area contributed by atoms with E-state index in [0.717, 1.165) is 11.4 Å². The maximum absolute atomic E-state index is 12.5. The van der Waals surface area contributed by atoms with Crippen molar-refractivity contribution in [1.82, 2.24) is 19.7 Å². The molecule has 0 aliphatic rings. The Hall–Kier alpha value is -2.70. The van der Waals surface area contributed by atoms with Crippen LogP contribution in [0.4, 0.5) is 5.00 Å². The third-order valence-electron chi connectivity index (χ3n) is 3.65. The van der Waals surface area contributed by atoms with E-state index in [9.17, 15) is 4.79 Å². The van der Waals surface area contributed by atoms with Gasteiger partial charge in [-0.05, 0) is 37.4 Å². The normalized spacial score (nSPS) is 11.7. The van der Waals surface area contributed by atoms with E-state index in [2.05, 4.69) is 26.6 Å². The molecule has 0 saturated heterocycles. The van der Waals surface area contributed by atoms with Crippen molar-refractivity contribution in [3.05, 3.63) is 41.5 Å². The van der Waals surface area contributed by atoms with E-state index in [4.69, 9.17) is 5.26 Å². The first-order valence-corrected chi connectivity index (χ1v) is 9.68. The van der Waals surface area contributed by atoms with Crippen LogP contribution in [0.5, 0.6) is 0 Å². The van der Waals surface area contributed by atoms with Gasteiger partial charge in [0.05, 0.1) is 10.8 Å². The first kappa shape index (κ1) is 18.1. The Kier molecular flexibility index (Phi) is 5.65. The van der Waals surface area contributed by atoms with Crippen LogP contribution in [0.3, 0.4) is 0 Å². The van der Waals surface area contributed by atoms with Crippen LogP contribution in [0, 0.1) is 11.3 Å². The van der Waals surface area contributed by atoms with Gasteiger partial charge in [-0.15, -0.1) is 21.5 Å². The molecule has 3 rings (SSSR count). The summed E-state index contributed by atoms with van der Waals surface area (Å²) in [4.78, 5) is 16.5. The van der Waals surface area contributed by atoms with Crippen LogP contribution >= 0.6 is 23.1 Å². The van der Waals surface area contributed by atoms with Crippen molar-refractivity contribution in [3.8, 4) is 17.5 Å². The highest BCUT2D eigenvalue weighted by Crippen LogP contribution is 2.28. The fraction of sp³-hybridized carbons (Fsp3) is 0.235. The largest absolute Gasteiger partial charge is 0.316 e. The first-order valence-electron chi connectivity index (χ1n) is 7.92. The fourth-order valence-corrected chi connectivity index (χ4v) is 3.95. The number of amides is 1. The van der Waals surface area contributed by atoms with Crippen molar-refractivity contribution in [3.63, 3.8) is 0 Å². The predicted molar refractivity (Wildman–Crippen MR) is 102 cm³/mol. The van der Waals surface area contributed by atoms with E-state index in [0.29, 0.717) is 22.3 Å². The van der Waals surface area contributed by atoms with Gasteiger partial charge in [0, 0.05) is 24.5 Å². The molecular weight excluding hydrogens is 368 g/mol. The summed E-state index contributed by atoms with van der Waals surface area (Å²) in [7, 11) is 0. The van der Waals surface area contributed by atoms with E-state index in [1.54, 1.807) is 30.8 Å². The molecule has 1 atom stereocenters. The summed E-state index contributed by atoms with van der Waals surface area (Å²) >= 11 is 2.67. The van der Waals surface area contributed by atoms with Gasteiger partial charge in [0.2, 0.25) is 5.91 Å². The smallest absolute Gasteiger partial charge is 0.238 e. The van der Waals surface area contributed by atoms with Crippen LogP contribution in [0.1, 0.15) is 19.4 Å². The Labute approximate surface area is 159 Å². The maximum atomic E-state index is 12.5. The average molecular weight is 384 g/mol. The second kappa shape index (κ2) is 8.12. The molecule has 0 saturated carbocycles. The lowest BCUT2D eigenvalue weighted by Crippen LogP contribution is -2.22. The highest BCUT2D eigenvalue weighted by molar-refractivity contribution is 8.00. The van der Waals surface area contributed by atoms with Crippen LogP contribution in [0.15, 0.2) is 41.1 Å². The summed E-state index contributed by atoms with van der Waals surface area (Å²) in [6, 6.07) is 7.51. The Balaban J connectivity index is 1.75. The number of thioether (sulfide) groups is 1. The summed E-state index contributed by atoms with van der Waals surface area (Å²) in [5, 5.41) is 23.0. The predicted octanol–water partition coefficient (Wildman–Crippen LogP) is 3.41. The lowest BCUT2D eigenvalue weighted by atomic mass is 10.2. The van der Waals surface area contributed by atoms with Crippen LogP contribution in [0.25, 0.3) is 11.4 Å². The van der Waals surface area contributed by atoms with Crippen molar-refractivity contribution in [2.24, 2.45) is 0 Å². The van der Waals surface area contributed by atoms with E-state index < -0.39 is 0 Å². The topological polar surface area (TPSA) is 96.5 Å². The van der Waals surface area contributed by atoms with E-state index in [1.807, 2.05) is 23.6 Å². The van der Waals surface area contributed by atoms with Crippen molar-refractivity contribution in [1.29, 1.82) is 5.26 Å². The number of anilines is 1. The molecule has 26 heavy (non-hydrogen) atoms. The van der Waals surface area contributed by atoms with E-state index >= 15 is 0 Å². The first-order chi connectivity index (χ1) is 12.6. The SMILES string of the molecule is CCn1c(S[C@@H](C)C(=O)Nc2sccc2C#N)nnc1-c1ccncc1. The quantitative estimate of drug-likeness (QED) is 0.654. The van der Waals surface area contributed by atoms with Gasteiger partial charge in [0.25, 0.3) is 0 Å². The van der Waals surface area contributed by atoms with Crippen LogP contribution < -0.4 is 5.32 Å². The fourth-order valence-electron chi connectivity index (χ4n) is 2.29. The Bertz CT molecular complexity index is 944. The van der Waals surface area contributed by atoms with Crippen LogP contribution in [0.2, 0.25) is 0 Å². The van der Waals surface area contributed by atoms with Crippen molar-refractivity contribution in [2.45, 2.75) is 30.8 Å². The van der Waals surface area contributed by atoms with Crippen LogP contribution in [-0.4, -0.2) is 30.9 Å². The Morgan fingerprint density at radius 2 is 2.15 bits per heavy atom. The number of nitriles is 1. The zero-order chi connectivity index (χ0) is 18.5. The molecule has 0 radical (unpaired) electrons. The zero-order valence-electron chi connectivity index (χ0n) is 14.2. The second-order valence-corrected chi connectivity index (χ2v) is 7.53. The Morgan fingerprint density at radius 1 is 1.38 bits per heavy atom. The highest BCUT2D eigenvalue weighted by atomic mass is 32.2. The number of rotatable bonds is 6. The van der Waals surface area contributed by atoms with Crippen molar-refractivity contribution in [2.75, 3.05) is 5.32 Å². The molecule has 3 aromatic rings. The molecule has 0 aliphatic heterocycles. The Morgan fingerprint density at radius 3 is 2.85 bits per heavy atom. The molecule has 0 fully saturated rings. The summed E-state index contributed by atoms with van der Waals surface area (Å²) in [6.07, 6.45) is 3.42. The molecule has 0 unspecified atom stereocenters. The molecule has 1 N–H and O–H groups in total. The molecule has 3 aromatic heterocycles. The average Bonchev–Trinajstić information content (AvgIpc) is 3.28. The number of hydrogen-bond acceptors (Lipinski definition) is 7. The highest BCUT2D eigenvalue weighted by Gasteiger charge is 2.21. The third kappa shape index (κ3) is 3.76. The minimum absolute atomic E-state index is 0.176. The van der Waals surface area contributed by atoms with Crippen molar-refractivity contribution < 1.29 is 4.79 Å². The van der Waals surface area contributed by atoms with Gasteiger partial charge in [-0.3, -0.25) is 9.78 Å². The molecule has 132 valence electrons. The molecule has 0 aliphatic carbocycles. The molecule has 0 aromatic carbocycles. The molecule has 0 bridgehead atoms. The number of nitrogens with zero attached hydrogens (tertiary/aromatic N) is 5. The number of carbonyl (C=O) groups excluding carboxylic acids is 1. The van der Waals surface area contributed by atoms with Crippen molar-refractivity contribution >= 4 is 34.0 Å². The number of thiophene rings is 1. The van der Waals surface area contributed by atoms with Gasteiger partial charge in [-0.2, -0.15) is 5.26 Å². The number of aromatic nitrogens is 4. The third-order valence-corrected chi connectivity index (χ3v) is 5.56. The molecule has 7 nitrogen and oxygen atoms in total. The van der Waals surface area contributed by atoms with E-state index in [-0.39, 0.29) is 11.2 Å². The monoisotopic (exact) mass is 384 g/mol. The van der Waals surface area contributed by atoms with Gasteiger partial charge in [0.1, 0.15) is 11.1 Å². The van der Waals surface area contributed by atoms with Gasteiger partial charge in [0.15, 0.2) is 11.0 Å². The van der Waals surface area contributed by atoms with Gasteiger partial charge < -0.3 is 9.88 Å². The number of carbonyl (C=O) groups is 1. The summed E-state index contributed by atoms with van der Waals surface area (Å²) < 4.78 is 1.97. The number of pyridine rings is 1. The van der Waals surface area contributed by atoms with Gasteiger partial charge in [-0.1, -0.05) is 11.8 Å². The molecular formula is C17H16N6OS2. The zero-order valence-corrected chi connectivity index (χ0v) is 15.8. The molecule has 3 heterocycles. The summed E-state index contributed by atoms with van der Waals surface area (Å²) in [5.41, 5.74) is 1.40. The maximum Gasteiger partial charge on any atom is 0.238 e. The van der Waals surface area contributed by atoms with E-state index in [1.165, 1.54) is 23.1 Å². The van der Waals surface area contributed by atoms with Crippen LogP contribution in [-0.2, 0) is 11.3 Å². The second-order valence-electron chi connectivity index (χ2n) is 5.31. The summed E-state index contributed by atoms with van der Waals surface area (Å²) in [5.74, 6) is 0.570. The summed E-state index contributed by atoms with van der Waals surface area (Å²) in [6.45, 7) is 4.50. The standard InChI is InChI=1S/C17H16N6OS2/c1-3-23-14(12-4-7-19-8-5-12)21-22-17(23)26-11(2)15(24)20-16-13(10-18)6-9-25-16/h4-9,11H,3H2,1-2H3,(H,20,24)/t11-/m0/s1. The minimum atomic E-state index is -0.386. The van der Waals surface area contributed by atoms with Gasteiger partial charge in [-0.25, -0.2) is 0 Å². The number of nitrogens with one attached hydrogen (secondary N) is 1. The van der Waals surface area contributed by atoms with Gasteiger partial charge >= 0.3 is 0 Å². The lowest BCUT2D eigenvalue weighted by Gasteiger charge is -2.12. The lowest BCUT2D eigenvalue weighted by molar-refractivity contribution is -0.115. The molecule has 0 spiro atoms. The number of hydrogen-bond donors (Lipinski definition) is 1.